The first kappa shape index (κ1) is 24.1. The number of hydrogen-bond donors (Lipinski definition) is 3. The van der Waals surface area contributed by atoms with Crippen LogP contribution in [0, 0.1) is 11.6 Å². The molecule has 1 aliphatic carbocycles. The maximum atomic E-state index is 14.6. The molecular weight excluding hydrogens is 464 g/mol. The van der Waals surface area contributed by atoms with Gasteiger partial charge in [0, 0.05) is 24.6 Å². The second kappa shape index (κ2) is 10.5. The molecule has 11 heteroatoms. The Bertz CT molecular complexity index is 1160. The van der Waals surface area contributed by atoms with Crippen molar-refractivity contribution in [2.75, 3.05) is 10.6 Å². The molecule has 34 heavy (non-hydrogen) atoms. The van der Waals surface area contributed by atoms with Gasteiger partial charge >= 0.3 is 0 Å². The predicted molar refractivity (Wildman–Crippen MR) is 128 cm³/mol. The number of nitrogens with two attached hydrogens (primary N) is 1. The van der Waals surface area contributed by atoms with E-state index in [1.165, 1.54) is 12.8 Å². The minimum atomic E-state index is -0.845. The molecule has 3 aromatic rings. The van der Waals surface area contributed by atoms with Crippen LogP contribution in [0.5, 0.6) is 0 Å². The van der Waals surface area contributed by atoms with Crippen LogP contribution in [0.15, 0.2) is 18.3 Å². The number of carbonyl (C=O) groups excluding carboxylic acids is 1. The van der Waals surface area contributed by atoms with E-state index in [1.807, 2.05) is 11.5 Å². The lowest BCUT2D eigenvalue weighted by atomic mass is 10.1. The molecule has 2 heterocycles. The molecule has 1 atom stereocenters. The predicted octanol–water partition coefficient (Wildman–Crippen LogP) is 5.46. The highest BCUT2D eigenvalue weighted by Crippen LogP contribution is 2.34. The monoisotopic (exact) mass is 491 g/mol. The summed E-state index contributed by atoms with van der Waals surface area (Å²) in [6.45, 7) is 2.03. The number of benzene rings is 1. The average molecular weight is 492 g/mol. The van der Waals surface area contributed by atoms with Gasteiger partial charge in [-0.15, -0.1) is 0 Å². The number of hydrogen-bond acceptors (Lipinski definition) is 6. The van der Waals surface area contributed by atoms with Gasteiger partial charge in [-0.25, -0.2) is 18.7 Å². The van der Waals surface area contributed by atoms with Crippen LogP contribution < -0.4 is 16.4 Å². The Kier molecular flexibility index (Phi) is 7.45. The summed E-state index contributed by atoms with van der Waals surface area (Å²) >= 11 is 6.12. The Morgan fingerprint density at radius 1 is 1.26 bits per heavy atom. The summed E-state index contributed by atoms with van der Waals surface area (Å²) in [5.74, 6) is -1.27. The summed E-state index contributed by atoms with van der Waals surface area (Å²) in [6, 6.07) is 1.91. The van der Waals surface area contributed by atoms with Crippen LogP contribution in [-0.2, 0) is 4.79 Å². The second-order valence-electron chi connectivity index (χ2n) is 8.65. The van der Waals surface area contributed by atoms with Crippen molar-refractivity contribution in [3.05, 3.63) is 35.0 Å². The van der Waals surface area contributed by atoms with Crippen molar-refractivity contribution >= 4 is 46.3 Å². The van der Waals surface area contributed by atoms with Gasteiger partial charge in [-0.05, 0) is 31.7 Å². The van der Waals surface area contributed by atoms with Gasteiger partial charge in [-0.1, -0.05) is 37.8 Å². The number of nitrogens with zero attached hydrogens (tertiary/aromatic N) is 4. The van der Waals surface area contributed by atoms with E-state index in [9.17, 15) is 13.6 Å². The molecule has 4 rings (SSSR count). The highest BCUT2D eigenvalue weighted by atomic mass is 35.5. The Balaban J connectivity index is 1.79. The molecule has 1 fully saturated rings. The van der Waals surface area contributed by atoms with Crippen LogP contribution >= 0.6 is 11.6 Å². The number of anilines is 3. The molecule has 1 amide bonds. The molecule has 0 spiro atoms. The molecule has 0 unspecified atom stereocenters. The average Bonchev–Trinajstić information content (AvgIpc) is 3.41. The number of amides is 1. The number of halogens is 3. The van der Waals surface area contributed by atoms with E-state index in [4.69, 9.17) is 22.3 Å². The van der Waals surface area contributed by atoms with E-state index in [1.54, 1.807) is 6.20 Å². The number of nitrogens with one attached hydrogen (secondary N) is 2. The number of aromatic nitrogens is 4. The van der Waals surface area contributed by atoms with Crippen molar-refractivity contribution in [3.8, 4) is 0 Å². The number of rotatable bonds is 10. The summed E-state index contributed by atoms with van der Waals surface area (Å²) in [7, 11) is 0. The molecular formula is C23H28ClF2N7O. The summed E-state index contributed by atoms with van der Waals surface area (Å²) in [5.41, 5.74) is 6.36. The van der Waals surface area contributed by atoms with Crippen molar-refractivity contribution < 1.29 is 13.6 Å². The fraction of sp³-hybridized carbons (Fsp3) is 0.478. The third-order valence-electron chi connectivity index (χ3n) is 6.08. The van der Waals surface area contributed by atoms with Crippen molar-refractivity contribution in [1.82, 2.24) is 19.5 Å². The molecule has 0 saturated heterocycles. The standard InChI is InChI=1S/C23H28ClF2N7O/c1-2-5-15(8-9-19(27)34)33-21-18(12-28-22(32-21)29-14-6-3-4-7-14)30-23(33)31-20-16(24)10-13(25)11-17(20)26/h10-12,14-15H,2-9H2,1H3,(H2,27,34)(H,30,31)(H,28,29,32)/t15-/m0/s1. The lowest BCUT2D eigenvalue weighted by Gasteiger charge is -2.21. The molecule has 182 valence electrons. The Morgan fingerprint density at radius 2 is 2.03 bits per heavy atom. The number of fused-ring (bicyclic) bond motifs is 1. The van der Waals surface area contributed by atoms with Crippen LogP contribution in [0.1, 0.15) is 64.3 Å². The van der Waals surface area contributed by atoms with Crippen LogP contribution in [0.2, 0.25) is 5.02 Å². The van der Waals surface area contributed by atoms with E-state index in [-0.39, 0.29) is 29.1 Å². The molecule has 0 radical (unpaired) electrons. The third kappa shape index (κ3) is 5.38. The van der Waals surface area contributed by atoms with Crippen molar-refractivity contribution in [2.24, 2.45) is 5.73 Å². The molecule has 0 aliphatic heterocycles. The zero-order valence-corrected chi connectivity index (χ0v) is 19.7. The smallest absolute Gasteiger partial charge is 0.224 e. The maximum Gasteiger partial charge on any atom is 0.224 e. The minimum absolute atomic E-state index is 0.0953. The molecule has 1 aromatic carbocycles. The molecule has 1 saturated carbocycles. The summed E-state index contributed by atoms with van der Waals surface area (Å²) in [6.07, 6.45) is 8.24. The second-order valence-corrected chi connectivity index (χ2v) is 9.06. The quantitative estimate of drug-likeness (QED) is 0.347. The maximum absolute atomic E-state index is 14.6. The SMILES string of the molecule is CCC[C@@H](CCC(N)=O)n1c(Nc2c(F)cc(F)cc2Cl)nc2cnc(NC3CCCC3)nc21. The fourth-order valence-corrected chi connectivity index (χ4v) is 4.71. The minimum Gasteiger partial charge on any atom is -0.370 e. The van der Waals surface area contributed by atoms with E-state index in [2.05, 4.69) is 20.6 Å². The van der Waals surface area contributed by atoms with E-state index in [0.29, 0.717) is 36.0 Å². The normalized spacial score (nSPS) is 15.1. The van der Waals surface area contributed by atoms with Crippen LogP contribution in [0.25, 0.3) is 11.2 Å². The van der Waals surface area contributed by atoms with Crippen LogP contribution in [0.3, 0.4) is 0 Å². The molecule has 1 aliphatic rings. The van der Waals surface area contributed by atoms with Crippen LogP contribution in [0.4, 0.5) is 26.4 Å². The Hall–Kier alpha value is -3.01. The van der Waals surface area contributed by atoms with Gasteiger partial charge in [0.2, 0.25) is 17.8 Å². The van der Waals surface area contributed by atoms with Gasteiger partial charge in [0.15, 0.2) is 11.5 Å². The first-order valence-electron chi connectivity index (χ1n) is 11.6. The van der Waals surface area contributed by atoms with Gasteiger partial charge in [0.1, 0.15) is 11.3 Å². The largest absolute Gasteiger partial charge is 0.370 e. The van der Waals surface area contributed by atoms with Gasteiger partial charge in [0.05, 0.1) is 16.9 Å². The zero-order chi connectivity index (χ0) is 24.2. The molecule has 2 aromatic heterocycles. The number of carbonyl (C=O) groups is 1. The van der Waals surface area contributed by atoms with Gasteiger partial charge in [-0.2, -0.15) is 4.98 Å². The first-order chi connectivity index (χ1) is 16.4. The third-order valence-corrected chi connectivity index (χ3v) is 6.37. The van der Waals surface area contributed by atoms with Gasteiger partial charge < -0.3 is 16.4 Å². The Morgan fingerprint density at radius 3 is 2.71 bits per heavy atom. The van der Waals surface area contributed by atoms with E-state index < -0.39 is 17.5 Å². The summed E-state index contributed by atoms with van der Waals surface area (Å²) < 4.78 is 30.0. The summed E-state index contributed by atoms with van der Waals surface area (Å²) in [4.78, 5) is 25.2. The first-order valence-corrected chi connectivity index (χ1v) is 11.9. The Labute approximate surface area is 201 Å². The molecule has 0 bridgehead atoms. The highest BCUT2D eigenvalue weighted by molar-refractivity contribution is 6.33. The molecule has 8 nitrogen and oxygen atoms in total. The van der Waals surface area contributed by atoms with E-state index >= 15 is 0 Å². The van der Waals surface area contributed by atoms with Crippen molar-refractivity contribution in [1.29, 1.82) is 0 Å². The number of primary amides is 1. The topological polar surface area (TPSA) is 111 Å². The number of imidazole rings is 1. The van der Waals surface area contributed by atoms with Crippen molar-refractivity contribution in [3.63, 3.8) is 0 Å². The van der Waals surface area contributed by atoms with Crippen LogP contribution in [-0.4, -0.2) is 31.5 Å². The van der Waals surface area contributed by atoms with Gasteiger partial charge in [-0.3, -0.25) is 9.36 Å². The lowest BCUT2D eigenvalue weighted by Crippen LogP contribution is -2.19. The summed E-state index contributed by atoms with van der Waals surface area (Å²) in [5, 5.41) is 6.19. The van der Waals surface area contributed by atoms with E-state index in [0.717, 1.165) is 31.4 Å². The zero-order valence-electron chi connectivity index (χ0n) is 19.0. The molecule has 4 N–H and O–H groups in total. The highest BCUT2D eigenvalue weighted by Gasteiger charge is 2.24. The van der Waals surface area contributed by atoms with Crippen molar-refractivity contribution in [2.45, 2.75) is 70.4 Å². The van der Waals surface area contributed by atoms with Gasteiger partial charge in [0.25, 0.3) is 0 Å². The fourth-order valence-electron chi connectivity index (χ4n) is 4.47. The lowest BCUT2D eigenvalue weighted by molar-refractivity contribution is -0.118.